The molecule has 0 aliphatic rings. The fourth-order valence-electron chi connectivity index (χ4n) is 1.28. The van der Waals surface area contributed by atoms with Crippen LogP contribution in [0.25, 0.3) is 0 Å². The van der Waals surface area contributed by atoms with E-state index in [0.29, 0.717) is 0 Å². The fourth-order valence-corrected chi connectivity index (χ4v) is 1.81. The Morgan fingerprint density at radius 1 is 1.21 bits per heavy atom. The van der Waals surface area contributed by atoms with Gasteiger partial charge in [0.25, 0.3) is 0 Å². The Morgan fingerprint density at radius 2 is 2.07 bits per heavy atom. The van der Waals surface area contributed by atoms with Crippen LogP contribution >= 0.6 is 22.6 Å². The highest BCUT2D eigenvalue weighted by molar-refractivity contribution is 14.1. The topological polar surface area (TPSA) is 29.9 Å². The lowest BCUT2D eigenvalue weighted by Crippen LogP contribution is -2.18. The van der Waals surface area contributed by atoms with Gasteiger partial charge in [0.2, 0.25) is 0 Å². The Hall–Kier alpha value is -0.100. The van der Waals surface area contributed by atoms with Crippen molar-refractivity contribution in [1.82, 2.24) is 14.9 Å². The van der Waals surface area contributed by atoms with Crippen LogP contribution in [0.5, 0.6) is 0 Å². The molecule has 0 atom stereocenters. The summed E-state index contributed by atoms with van der Waals surface area (Å²) in [6, 6.07) is 0. The van der Waals surface area contributed by atoms with E-state index >= 15 is 0 Å². The van der Waals surface area contributed by atoms with E-state index in [-0.39, 0.29) is 0 Å². The Morgan fingerprint density at radius 3 is 2.79 bits per heavy atom. The number of imidazole rings is 1. The van der Waals surface area contributed by atoms with Crippen LogP contribution < -0.4 is 5.32 Å². The van der Waals surface area contributed by atoms with Gasteiger partial charge in [-0.15, -0.1) is 0 Å². The van der Waals surface area contributed by atoms with Crippen LogP contribution in [0.15, 0.2) is 18.7 Å². The first-order valence-corrected chi connectivity index (χ1v) is 6.68. The summed E-state index contributed by atoms with van der Waals surface area (Å²) >= 11 is 2.42. The van der Waals surface area contributed by atoms with Gasteiger partial charge in [-0.25, -0.2) is 4.98 Å². The highest BCUT2D eigenvalue weighted by Gasteiger charge is 1.90. The second-order valence-electron chi connectivity index (χ2n) is 3.30. The van der Waals surface area contributed by atoms with Gasteiger partial charge in [-0.1, -0.05) is 22.6 Å². The fraction of sp³-hybridized carbons (Fsp3) is 0.700. The molecule has 0 aromatic carbocycles. The normalized spacial score (nSPS) is 10.6. The lowest BCUT2D eigenvalue weighted by molar-refractivity contribution is 0.569. The number of aryl methyl sites for hydroxylation is 1. The van der Waals surface area contributed by atoms with Gasteiger partial charge >= 0.3 is 0 Å². The van der Waals surface area contributed by atoms with E-state index < -0.39 is 0 Å². The number of unbranched alkanes of at least 4 members (excludes halogenated alkanes) is 1. The molecule has 1 rings (SSSR count). The summed E-state index contributed by atoms with van der Waals surface area (Å²) in [5.41, 5.74) is 0. The predicted molar refractivity (Wildman–Crippen MR) is 67.8 cm³/mol. The third-order valence-electron chi connectivity index (χ3n) is 2.07. The van der Waals surface area contributed by atoms with Crippen LogP contribution in [0.4, 0.5) is 0 Å². The van der Waals surface area contributed by atoms with Crippen molar-refractivity contribution < 1.29 is 0 Å². The van der Waals surface area contributed by atoms with Crippen molar-refractivity contribution in [3.05, 3.63) is 18.7 Å². The minimum atomic E-state index is 1.07. The van der Waals surface area contributed by atoms with Crippen LogP contribution in [0.2, 0.25) is 0 Å². The molecule has 0 aliphatic carbocycles. The van der Waals surface area contributed by atoms with E-state index in [1.807, 2.05) is 18.7 Å². The van der Waals surface area contributed by atoms with Gasteiger partial charge in [-0.05, 0) is 36.8 Å². The largest absolute Gasteiger partial charge is 0.337 e. The van der Waals surface area contributed by atoms with Gasteiger partial charge in [0.1, 0.15) is 0 Å². The zero-order valence-electron chi connectivity index (χ0n) is 8.45. The van der Waals surface area contributed by atoms with Crippen LogP contribution in [0, 0.1) is 0 Å². The Labute approximate surface area is 99.4 Å². The maximum Gasteiger partial charge on any atom is 0.0945 e. The number of aromatic nitrogens is 2. The van der Waals surface area contributed by atoms with Gasteiger partial charge in [0.05, 0.1) is 6.33 Å². The van der Waals surface area contributed by atoms with Crippen molar-refractivity contribution in [3.8, 4) is 0 Å². The molecule has 1 heterocycles. The number of halogens is 1. The molecule has 1 aromatic rings. The van der Waals surface area contributed by atoms with E-state index in [9.17, 15) is 0 Å². The van der Waals surface area contributed by atoms with Crippen molar-refractivity contribution in [2.24, 2.45) is 0 Å². The standard InChI is InChI=1S/C10H18IN3/c11-4-1-2-5-12-6-3-8-14-9-7-13-10-14/h7,9-10,12H,1-6,8H2. The zero-order valence-corrected chi connectivity index (χ0v) is 10.6. The maximum absolute atomic E-state index is 4.00. The minimum Gasteiger partial charge on any atom is -0.337 e. The highest BCUT2D eigenvalue weighted by atomic mass is 127. The molecule has 0 aliphatic heterocycles. The van der Waals surface area contributed by atoms with Crippen molar-refractivity contribution in [2.75, 3.05) is 17.5 Å². The molecule has 4 heteroatoms. The number of alkyl halides is 1. The maximum atomic E-state index is 4.00. The molecule has 0 saturated carbocycles. The molecule has 80 valence electrons. The van der Waals surface area contributed by atoms with Gasteiger partial charge in [-0.2, -0.15) is 0 Å². The second kappa shape index (κ2) is 8.23. The van der Waals surface area contributed by atoms with Crippen LogP contribution in [-0.4, -0.2) is 27.1 Å². The van der Waals surface area contributed by atoms with Crippen molar-refractivity contribution in [3.63, 3.8) is 0 Å². The first kappa shape index (κ1) is 12.0. The zero-order chi connectivity index (χ0) is 10.1. The van der Waals surface area contributed by atoms with E-state index in [2.05, 4.69) is 37.5 Å². The molecule has 3 nitrogen and oxygen atoms in total. The van der Waals surface area contributed by atoms with Crippen molar-refractivity contribution in [2.45, 2.75) is 25.8 Å². The lowest BCUT2D eigenvalue weighted by Gasteiger charge is -2.04. The van der Waals surface area contributed by atoms with Gasteiger partial charge in [0.15, 0.2) is 0 Å². The SMILES string of the molecule is ICCCCNCCCn1ccnc1. The van der Waals surface area contributed by atoms with E-state index in [1.165, 1.54) is 23.7 Å². The van der Waals surface area contributed by atoms with E-state index in [1.54, 1.807) is 0 Å². The number of rotatable bonds is 8. The molecule has 0 saturated heterocycles. The third kappa shape index (κ3) is 5.59. The summed E-state index contributed by atoms with van der Waals surface area (Å²) in [6.45, 7) is 3.34. The highest BCUT2D eigenvalue weighted by Crippen LogP contribution is 1.93. The first-order valence-electron chi connectivity index (χ1n) is 5.16. The number of nitrogens with zero attached hydrogens (tertiary/aromatic N) is 2. The smallest absolute Gasteiger partial charge is 0.0945 e. The minimum absolute atomic E-state index is 1.07. The Kier molecular flexibility index (Phi) is 7.04. The van der Waals surface area contributed by atoms with Gasteiger partial charge in [0, 0.05) is 18.9 Å². The summed E-state index contributed by atoms with van der Waals surface area (Å²) in [7, 11) is 0. The molecule has 0 spiro atoms. The Bertz CT molecular complexity index is 211. The molecule has 1 aromatic heterocycles. The average Bonchev–Trinajstić information content (AvgIpc) is 2.69. The van der Waals surface area contributed by atoms with E-state index in [4.69, 9.17) is 0 Å². The van der Waals surface area contributed by atoms with Crippen LogP contribution in [-0.2, 0) is 6.54 Å². The average molecular weight is 307 g/mol. The first-order chi connectivity index (χ1) is 6.93. The molecule has 1 N–H and O–H groups in total. The van der Waals surface area contributed by atoms with Crippen molar-refractivity contribution >= 4 is 22.6 Å². The molecule has 0 bridgehead atoms. The van der Waals surface area contributed by atoms with Crippen molar-refractivity contribution in [1.29, 1.82) is 0 Å². The number of hydrogen-bond acceptors (Lipinski definition) is 2. The molecule has 0 fully saturated rings. The summed E-state index contributed by atoms with van der Waals surface area (Å²) in [5, 5.41) is 3.45. The lowest BCUT2D eigenvalue weighted by atomic mass is 10.3. The summed E-state index contributed by atoms with van der Waals surface area (Å²) < 4.78 is 3.39. The molecule has 0 radical (unpaired) electrons. The Balaban J connectivity index is 1.85. The summed E-state index contributed by atoms with van der Waals surface area (Å²) in [6.07, 6.45) is 9.52. The van der Waals surface area contributed by atoms with Gasteiger partial charge < -0.3 is 9.88 Å². The second-order valence-corrected chi connectivity index (χ2v) is 4.38. The summed E-state index contributed by atoms with van der Waals surface area (Å²) in [4.78, 5) is 4.00. The quantitative estimate of drug-likeness (QED) is 0.453. The van der Waals surface area contributed by atoms with Gasteiger partial charge in [-0.3, -0.25) is 0 Å². The van der Waals surface area contributed by atoms with Crippen LogP contribution in [0.1, 0.15) is 19.3 Å². The monoisotopic (exact) mass is 307 g/mol. The molecule has 0 amide bonds. The number of nitrogens with one attached hydrogen (secondary N) is 1. The molecular weight excluding hydrogens is 289 g/mol. The molecular formula is C10H18IN3. The molecule has 14 heavy (non-hydrogen) atoms. The van der Waals surface area contributed by atoms with E-state index in [0.717, 1.165) is 19.6 Å². The predicted octanol–water partition coefficient (Wildman–Crippen LogP) is 2.08. The summed E-state index contributed by atoms with van der Waals surface area (Å²) in [5.74, 6) is 0. The number of hydrogen-bond donors (Lipinski definition) is 1. The van der Waals surface area contributed by atoms with Crippen LogP contribution in [0.3, 0.4) is 0 Å². The molecule has 0 unspecified atom stereocenters. The third-order valence-corrected chi connectivity index (χ3v) is 2.83.